The molecule has 0 bridgehead atoms. The van der Waals surface area contributed by atoms with Crippen molar-refractivity contribution < 1.29 is 0 Å². The summed E-state index contributed by atoms with van der Waals surface area (Å²) in [5, 5.41) is 3.61. The summed E-state index contributed by atoms with van der Waals surface area (Å²) in [5.41, 5.74) is 7.67. The molecular formula is C17H17NS2. The van der Waals surface area contributed by atoms with E-state index in [-0.39, 0.29) is 6.04 Å². The van der Waals surface area contributed by atoms with Gasteiger partial charge in [0.15, 0.2) is 0 Å². The second-order valence-electron chi connectivity index (χ2n) is 4.85. The molecule has 1 atom stereocenters. The molecule has 0 radical (unpaired) electrons. The van der Waals surface area contributed by atoms with Gasteiger partial charge in [0.2, 0.25) is 0 Å². The number of hydrogen-bond acceptors (Lipinski definition) is 3. The van der Waals surface area contributed by atoms with Crippen LogP contribution >= 0.6 is 23.1 Å². The highest BCUT2D eigenvalue weighted by atomic mass is 32.2. The summed E-state index contributed by atoms with van der Waals surface area (Å²) in [4.78, 5) is 1.29. The summed E-state index contributed by atoms with van der Waals surface area (Å²) in [6.07, 6.45) is 0.948. The van der Waals surface area contributed by atoms with Crippen LogP contribution in [-0.2, 0) is 6.42 Å². The van der Waals surface area contributed by atoms with Gasteiger partial charge in [-0.3, -0.25) is 0 Å². The summed E-state index contributed by atoms with van der Waals surface area (Å²) in [6.45, 7) is 0. The highest BCUT2D eigenvalue weighted by Crippen LogP contribution is 2.27. The zero-order valence-corrected chi connectivity index (χ0v) is 12.8. The van der Waals surface area contributed by atoms with Crippen molar-refractivity contribution in [3.63, 3.8) is 0 Å². The van der Waals surface area contributed by atoms with Gasteiger partial charge in [-0.25, -0.2) is 0 Å². The van der Waals surface area contributed by atoms with Crippen molar-refractivity contribution in [2.75, 3.05) is 5.75 Å². The molecule has 102 valence electrons. The second-order valence-corrected chi connectivity index (χ2v) is 6.85. The van der Waals surface area contributed by atoms with E-state index in [0.717, 1.165) is 12.2 Å². The molecule has 0 saturated carbocycles. The van der Waals surface area contributed by atoms with Gasteiger partial charge in [0.25, 0.3) is 0 Å². The summed E-state index contributed by atoms with van der Waals surface area (Å²) < 4.78 is 1.35. The van der Waals surface area contributed by atoms with Crippen LogP contribution in [0, 0.1) is 0 Å². The molecule has 0 saturated heterocycles. The maximum atomic E-state index is 6.29. The second kappa shape index (κ2) is 6.44. The van der Waals surface area contributed by atoms with Crippen molar-refractivity contribution in [1.82, 2.24) is 0 Å². The number of thiophene rings is 1. The Balaban J connectivity index is 1.63. The summed E-state index contributed by atoms with van der Waals surface area (Å²) in [7, 11) is 0. The summed E-state index contributed by atoms with van der Waals surface area (Å²) >= 11 is 3.64. The minimum Gasteiger partial charge on any atom is -0.327 e. The van der Waals surface area contributed by atoms with E-state index in [9.17, 15) is 0 Å². The SMILES string of the molecule is NC(CSc1ccccc1)Cc1csc2ccccc12. The van der Waals surface area contributed by atoms with Gasteiger partial charge in [0, 0.05) is 21.4 Å². The van der Waals surface area contributed by atoms with Crippen LogP contribution in [0.5, 0.6) is 0 Å². The molecule has 1 unspecified atom stereocenters. The van der Waals surface area contributed by atoms with Crippen molar-refractivity contribution in [2.45, 2.75) is 17.4 Å². The third-order valence-corrected chi connectivity index (χ3v) is 5.46. The number of benzene rings is 2. The van der Waals surface area contributed by atoms with Crippen LogP contribution in [0.1, 0.15) is 5.56 Å². The molecule has 0 aliphatic rings. The molecule has 0 fully saturated rings. The fourth-order valence-electron chi connectivity index (χ4n) is 2.25. The van der Waals surface area contributed by atoms with Gasteiger partial charge in [-0.05, 0) is 40.9 Å². The lowest BCUT2D eigenvalue weighted by atomic mass is 10.1. The number of hydrogen-bond donors (Lipinski definition) is 1. The molecule has 2 aromatic carbocycles. The Kier molecular flexibility index (Phi) is 4.41. The van der Waals surface area contributed by atoms with Gasteiger partial charge in [0.1, 0.15) is 0 Å². The van der Waals surface area contributed by atoms with E-state index in [0.29, 0.717) is 0 Å². The van der Waals surface area contributed by atoms with Crippen LogP contribution in [-0.4, -0.2) is 11.8 Å². The molecular weight excluding hydrogens is 282 g/mol. The smallest absolute Gasteiger partial charge is 0.0345 e. The number of nitrogens with two attached hydrogens (primary N) is 1. The van der Waals surface area contributed by atoms with Gasteiger partial charge < -0.3 is 5.73 Å². The Hall–Kier alpha value is -1.29. The normalized spacial score (nSPS) is 12.7. The third kappa shape index (κ3) is 3.23. The number of thioether (sulfide) groups is 1. The Labute approximate surface area is 127 Å². The van der Waals surface area contributed by atoms with Gasteiger partial charge in [-0.15, -0.1) is 23.1 Å². The van der Waals surface area contributed by atoms with Gasteiger partial charge in [-0.1, -0.05) is 36.4 Å². The number of rotatable bonds is 5. The van der Waals surface area contributed by atoms with E-state index in [1.165, 1.54) is 20.5 Å². The van der Waals surface area contributed by atoms with Crippen LogP contribution < -0.4 is 5.73 Å². The van der Waals surface area contributed by atoms with Gasteiger partial charge >= 0.3 is 0 Å². The quantitative estimate of drug-likeness (QED) is 0.699. The predicted molar refractivity (Wildman–Crippen MR) is 90.7 cm³/mol. The van der Waals surface area contributed by atoms with Crippen LogP contribution in [0.2, 0.25) is 0 Å². The first-order valence-electron chi connectivity index (χ1n) is 6.71. The van der Waals surface area contributed by atoms with E-state index < -0.39 is 0 Å². The maximum Gasteiger partial charge on any atom is 0.0345 e. The lowest BCUT2D eigenvalue weighted by Gasteiger charge is -2.10. The fraction of sp³-hybridized carbons (Fsp3) is 0.176. The van der Waals surface area contributed by atoms with Gasteiger partial charge in [0.05, 0.1) is 0 Å². The predicted octanol–water partition coefficient (Wildman–Crippen LogP) is 4.56. The Bertz CT molecular complexity index is 676. The highest BCUT2D eigenvalue weighted by Gasteiger charge is 2.09. The summed E-state index contributed by atoms with van der Waals surface area (Å²) in [6, 6.07) is 19.2. The average Bonchev–Trinajstić information content (AvgIpc) is 2.90. The van der Waals surface area contributed by atoms with Crippen molar-refractivity contribution in [3.8, 4) is 0 Å². The van der Waals surface area contributed by atoms with E-state index >= 15 is 0 Å². The molecule has 3 rings (SSSR count). The molecule has 0 aliphatic heterocycles. The fourth-order valence-corrected chi connectivity index (χ4v) is 4.10. The molecule has 1 heterocycles. The monoisotopic (exact) mass is 299 g/mol. The van der Waals surface area contributed by atoms with E-state index in [4.69, 9.17) is 5.73 Å². The van der Waals surface area contributed by atoms with E-state index in [1.54, 1.807) is 0 Å². The molecule has 2 N–H and O–H groups in total. The van der Waals surface area contributed by atoms with Crippen molar-refractivity contribution in [1.29, 1.82) is 0 Å². The Morgan fingerprint density at radius 2 is 1.75 bits per heavy atom. The van der Waals surface area contributed by atoms with Crippen LogP contribution in [0.25, 0.3) is 10.1 Å². The van der Waals surface area contributed by atoms with Crippen LogP contribution in [0.3, 0.4) is 0 Å². The minimum atomic E-state index is 0.193. The zero-order chi connectivity index (χ0) is 13.8. The van der Waals surface area contributed by atoms with Gasteiger partial charge in [-0.2, -0.15) is 0 Å². The molecule has 0 aliphatic carbocycles. The van der Waals surface area contributed by atoms with E-state index in [1.807, 2.05) is 29.2 Å². The largest absolute Gasteiger partial charge is 0.327 e. The van der Waals surface area contributed by atoms with Crippen molar-refractivity contribution in [3.05, 3.63) is 65.5 Å². The van der Waals surface area contributed by atoms with Crippen LogP contribution in [0.4, 0.5) is 0 Å². The first-order chi connectivity index (χ1) is 9.83. The lowest BCUT2D eigenvalue weighted by Crippen LogP contribution is -2.25. The standard InChI is InChI=1S/C17H17NS2/c18-14(12-19-15-6-2-1-3-7-15)10-13-11-20-17-9-5-4-8-16(13)17/h1-9,11,14H,10,12,18H2. The first kappa shape index (κ1) is 13.7. The van der Waals surface area contributed by atoms with Crippen LogP contribution in [0.15, 0.2) is 64.9 Å². The van der Waals surface area contributed by atoms with Crippen molar-refractivity contribution in [2.24, 2.45) is 5.73 Å². The molecule has 3 heteroatoms. The topological polar surface area (TPSA) is 26.0 Å². The number of fused-ring (bicyclic) bond motifs is 1. The molecule has 1 aromatic heterocycles. The maximum absolute atomic E-state index is 6.29. The lowest BCUT2D eigenvalue weighted by molar-refractivity contribution is 0.754. The zero-order valence-electron chi connectivity index (χ0n) is 11.2. The molecule has 0 spiro atoms. The summed E-state index contributed by atoms with van der Waals surface area (Å²) in [5.74, 6) is 0.953. The Morgan fingerprint density at radius 1 is 1.00 bits per heavy atom. The molecule has 0 amide bonds. The molecule has 20 heavy (non-hydrogen) atoms. The average molecular weight is 299 g/mol. The third-order valence-electron chi connectivity index (χ3n) is 3.25. The van der Waals surface area contributed by atoms with E-state index in [2.05, 4.69) is 53.9 Å². The highest BCUT2D eigenvalue weighted by molar-refractivity contribution is 7.99. The first-order valence-corrected chi connectivity index (χ1v) is 8.58. The Morgan fingerprint density at radius 3 is 2.60 bits per heavy atom. The molecule has 1 nitrogen and oxygen atoms in total. The molecule has 3 aromatic rings. The minimum absolute atomic E-state index is 0.193. The van der Waals surface area contributed by atoms with Crippen molar-refractivity contribution >= 4 is 33.2 Å².